The molecule has 0 atom stereocenters. The van der Waals surface area contributed by atoms with E-state index in [1.54, 1.807) is 0 Å². The number of benzene rings is 5. The quantitative estimate of drug-likeness (QED) is 0.231. The van der Waals surface area contributed by atoms with Gasteiger partial charge in [0.1, 0.15) is 0 Å². The Morgan fingerprint density at radius 1 is 0.529 bits per heavy atom. The van der Waals surface area contributed by atoms with Crippen LogP contribution in [0.5, 0.6) is 0 Å². The summed E-state index contributed by atoms with van der Waals surface area (Å²) in [5, 5.41) is 2.85. The van der Waals surface area contributed by atoms with E-state index >= 15 is 0 Å². The van der Waals surface area contributed by atoms with Crippen LogP contribution < -0.4 is 0 Å². The molecule has 5 aromatic carbocycles. The molecule has 0 radical (unpaired) electrons. The maximum absolute atomic E-state index is 2.54. The first-order valence-corrected chi connectivity index (χ1v) is 12.3. The van der Waals surface area contributed by atoms with Gasteiger partial charge in [-0.05, 0) is 86.7 Å². The Kier molecular flexibility index (Phi) is 3.00. The topological polar surface area (TPSA) is 4.93 Å². The van der Waals surface area contributed by atoms with Gasteiger partial charge in [-0.15, -0.1) is 0 Å². The molecule has 2 heterocycles. The van der Waals surface area contributed by atoms with E-state index in [9.17, 15) is 0 Å². The van der Waals surface area contributed by atoms with Crippen molar-refractivity contribution in [3.05, 3.63) is 124 Å². The van der Waals surface area contributed by atoms with Crippen LogP contribution in [-0.4, -0.2) is 4.57 Å². The molecule has 3 aliphatic rings. The SMILES string of the molecule is c1ccc2c(c1)Cc1ccc3c(c1-2)-c1cc2c4c(c1C3)c1ccccc1n4-c1ccccc1C2. The third-order valence-corrected chi connectivity index (χ3v) is 8.42. The van der Waals surface area contributed by atoms with Crippen LogP contribution in [0, 0.1) is 0 Å². The fourth-order valence-electron chi connectivity index (χ4n) is 7.10. The molecular weight excluding hydrogens is 410 g/mol. The highest BCUT2D eigenvalue weighted by Gasteiger charge is 2.33. The molecule has 1 aromatic heterocycles. The van der Waals surface area contributed by atoms with Gasteiger partial charge in [0.15, 0.2) is 0 Å². The van der Waals surface area contributed by atoms with E-state index in [1.165, 1.54) is 83.1 Å². The summed E-state index contributed by atoms with van der Waals surface area (Å²) < 4.78 is 2.53. The van der Waals surface area contributed by atoms with Crippen molar-refractivity contribution in [1.29, 1.82) is 0 Å². The molecule has 0 fully saturated rings. The second-order valence-corrected chi connectivity index (χ2v) is 10.1. The maximum Gasteiger partial charge on any atom is 0.0579 e. The number of nitrogens with zero attached hydrogens (tertiary/aromatic N) is 1. The Bertz CT molecular complexity index is 1880. The number of rotatable bonds is 0. The summed E-state index contributed by atoms with van der Waals surface area (Å²) >= 11 is 0. The predicted octanol–water partition coefficient (Wildman–Crippen LogP) is 7.83. The minimum absolute atomic E-state index is 0.997. The van der Waals surface area contributed by atoms with Gasteiger partial charge in [0, 0.05) is 22.9 Å². The molecule has 0 amide bonds. The van der Waals surface area contributed by atoms with Crippen LogP contribution in [0.25, 0.3) is 49.7 Å². The van der Waals surface area contributed by atoms with Gasteiger partial charge in [-0.25, -0.2) is 0 Å². The molecule has 34 heavy (non-hydrogen) atoms. The molecule has 1 aliphatic heterocycles. The first-order valence-electron chi connectivity index (χ1n) is 12.3. The monoisotopic (exact) mass is 431 g/mol. The smallest absolute Gasteiger partial charge is 0.0579 e. The van der Waals surface area contributed by atoms with Gasteiger partial charge in [-0.2, -0.15) is 0 Å². The van der Waals surface area contributed by atoms with Gasteiger partial charge in [0.05, 0.1) is 11.0 Å². The lowest BCUT2D eigenvalue weighted by molar-refractivity contribution is 1.04. The van der Waals surface area contributed by atoms with Gasteiger partial charge < -0.3 is 4.57 Å². The molecule has 0 saturated carbocycles. The predicted molar refractivity (Wildman–Crippen MR) is 140 cm³/mol. The van der Waals surface area contributed by atoms with E-state index in [0.717, 1.165) is 19.3 Å². The highest BCUT2D eigenvalue weighted by Crippen LogP contribution is 2.53. The molecule has 158 valence electrons. The van der Waals surface area contributed by atoms with Crippen molar-refractivity contribution in [3.63, 3.8) is 0 Å². The van der Waals surface area contributed by atoms with Crippen LogP contribution in [0.15, 0.2) is 91.0 Å². The summed E-state index contributed by atoms with van der Waals surface area (Å²) in [5.41, 5.74) is 18.8. The van der Waals surface area contributed by atoms with Crippen molar-refractivity contribution in [1.82, 2.24) is 4.57 Å². The van der Waals surface area contributed by atoms with Crippen LogP contribution >= 0.6 is 0 Å². The van der Waals surface area contributed by atoms with Crippen LogP contribution in [0.3, 0.4) is 0 Å². The third kappa shape index (κ3) is 1.94. The van der Waals surface area contributed by atoms with Gasteiger partial charge in [-0.3, -0.25) is 0 Å². The van der Waals surface area contributed by atoms with Crippen LogP contribution in [0.1, 0.15) is 33.4 Å². The Labute approximate surface area is 197 Å². The van der Waals surface area contributed by atoms with Crippen molar-refractivity contribution >= 4 is 21.8 Å². The summed E-state index contributed by atoms with van der Waals surface area (Å²) in [6.07, 6.45) is 3.07. The van der Waals surface area contributed by atoms with Crippen LogP contribution in [0.2, 0.25) is 0 Å². The highest BCUT2D eigenvalue weighted by molar-refractivity contribution is 6.16. The molecule has 6 aromatic rings. The molecular formula is C33H21N. The second kappa shape index (κ2) is 5.87. The molecule has 0 N–H and O–H groups in total. The average Bonchev–Trinajstić information content (AvgIpc) is 3.54. The fourth-order valence-corrected chi connectivity index (χ4v) is 7.10. The zero-order valence-corrected chi connectivity index (χ0v) is 18.7. The van der Waals surface area contributed by atoms with Crippen molar-refractivity contribution in [3.8, 4) is 27.9 Å². The van der Waals surface area contributed by atoms with Gasteiger partial charge in [0.2, 0.25) is 0 Å². The molecule has 0 spiro atoms. The first kappa shape index (κ1) is 17.4. The fraction of sp³-hybridized carbons (Fsp3) is 0.0909. The molecule has 2 aliphatic carbocycles. The highest BCUT2D eigenvalue weighted by atomic mass is 15.0. The summed E-state index contributed by atoms with van der Waals surface area (Å²) in [4.78, 5) is 0. The third-order valence-electron chi connectivity index (χ3n) is 8.42. The lowest BCUT2D eigenvalue weighted by Gasteiger charge is -2.22. The molecule has 9 rings (SSSR count). The van der Waals surface area contributed by atoms with E-state index in [-0.39, 0.29) is 0 Å². The van der Waals surface area contributed by atoms with Crippen LogP contribution in [-0.2, 0) is 19.3 Å². The summed E-state index contributed by atoms with van der Waals surface area (Å²) in [6.45, 7) is 0. The van der Waals surface area contributed by atoms with E-state index < -0.39 is 0 Å². The number of para-hydroxylation sites is 2. The first-order chi connectivity index (χ1) is 16.9. The van der Waals surface area contributed by atoms with Crippen molar-refractivity contribution in [2.75, 3.05) is 0 Å². The standard InChI is InChI=1S/C33H21N/c1-3-9-24-19(7-1)15-21-13-14-22-17-27-26(31(22)30(21)24)18-23-16-20-8-2-5-11-28(20)34-29-12-6-4-10-25(29)32(27)33(23)34/h1-14,18H,15-17H2. The summed E-state index contributed by atoms with van der Waals surface area (Å²) in [7, 11) is 0. The summed E-state index contributed by atoms with van der Waals surface area (Å²) in [5.74, 6) is 0. The van der Waals surface area contributed by atoms with Crippen molar-refractivity contribution in [2.45, 2.75) is 19.3 Å². The molecule has 0 saturated heterocycles. The van der Waals surface area contributed by atoms with Crippen molar-refractivity contribution in [2.24, 2.45) is 0 Å². The van der Waals surface area contributed by atoms with Gasteiger partial charge >= 0.3 is 0 Å². The normalized spacial score (nSPS) is 14.1. The Hall–Kier alpha value is -4.10. The van der Waals surface area contributed by atoms with E-state index in [1.807, 2.05) is 0 Å². The molecule has 0 unspecified atom stereocenters. The molecule has 1 nitrogen and oxygen atoms in total. The zero-order valence-electron chi connectivity index (χ0n) is 18.7. The Morgan fingerprint density at radius 3 is 2.18 bits per heavy atom. The largest absolute Gasteiger partial charge is 0.309 e. The van der Waals surface area contributed by atoms with Crippen molar-refractivity contribution < 1.29 is 0 Å². The number of fused-ring (bicyclic) bond motifs is 13. The minimum atomic E-state index is 0.997. The lowest BCUT2D eigenvalue weighted by Crippen LogP contribution is -2.08. The molecule has 0 bridgehead atoms. The second-order valence-electron chi connectivity index (χ2n) is 10.1. The van der Waals surface area contributed by atoms with E-state index in [2.05, 4.69) is 95.6 Å². The minimum Gasteiger partial charge on any atom is -0.309 e. The van der Waals surface area contributed by atoms with E-state index in [0.29, 0.717) is 0 Å². The average molecular weight is 432 g/mol. The van der Waals surface area contributed by atoms with Gasteiger partial charge in [0.25, 0.3) is 0 Å². The zero-order chi connectivity index (χ0) is 22.0. The lowest BCUT2D eigenvalue weighted by atomic mass is 9.89. The molecule has 1 heteroatoms. The van der Waals surface area contributed by atoms with E-state index in [4.69, 9.17) is 0 Å². The number of hydrogen-bond donors (Lipinski definition) is 0. The van der Waals surface area contributed by atoms with Gasteiger partial charge in [-0.1, -0.05) is 72.8 Å². The Morgan fingerprint density at radius 2 is 1.24 bits per heavy atom. The van der Waals surface area contributed by atoms with Crippen LogP contribution in [0.4, 0.5) is 0 Å². The number of aromatic nitrogens is 1. The summed E-state index contributed by atoms with van der Waals surface area (Å²) in [6, 6.07) is 34.3. The Balaban J connectivity index is 1.45. The maximum atomic E-state index is 2.54. The number of hydrogen-bond acceptors (Lipinski definition) is 0.